The Bertz CT molecular complexity index is 844. The van der Waals surface area contributed by atoms with E-state index in [-0.39, 0.29) is 11.0 Å². The molecule has 3 aliphatic rings. The Balaban J connectivity index is 1.67. The molecule has 150 valence electrons. The van der Waals surface area contributed by atoms with E-state index in [1.807, 2.05) is 13.0 Å². The lowest BCUT2D eigenvalue weighted by Gasteiger charge is -2.45. The molecule has 0 aromatic heterocycles. The van der Waals surface area contributed by atoms with Crippen LogP contribution >= 0.6 is 0 Å². The van der Waals surface area contributed by atoms with E-state index in [2.05, 4.69) is 64.2 Å². The highest BCUT2D eigenvalue weighted by Crippen LogP contribution is 2.66. The molecule has 3 aliphatic carbocycles. The van der Waals surface area contributed by atoms with Crippen LogP contribution in [-0.4, -0.2) is 20.9 Å². The number of fused-ring (bicyclic) bond motifs is 5. The van der Waals surface area contributed by atoms with E-state index in [4.69, 9.17) is 9.16 Å². The van der Waals surface area contributed by atoms with Gasteiger partial charge in [0.1, 0.15) is 0 Å². The van der Waals surface area contributed by atoms with Crippen LogP contribution in [0.5, 0.6) is 0 Å². The third-order valence-corrected chi connectivity index (χ3v) is 11.6. The molecule has 0 saturated heterocycles. The van der Waals surface area contributed by atoms with Gasteiger partial charge in [0.2, 0.25) is 8.32 Å². The fourth-order valence-electron chi connectivity index (χ4n) is 4.92. The van der Waals surface area contributed by atoms with Crippen molar-refractivity contribution < 1.29 is 14.0 Å². The zero-order chi connectivity index (χ0) is 20.3. The van der Waals surface area contributed by atoms with Gasteiger partial charge in [-0.3, -0.25) is 0 Å². The summed E-state index contributed by atoms with van der Waals surface area (Å²) in [7, 11) is -1.86. The number of benzene rings is 1. The first kappa shape index (κ1) is 19.5. The van der Waals surface area contributed by atoms with Gasteiger partial charge < -0.3 is 9.16 Å². The zero-order valence-corrected chi connectivity index (χ0v) is 18.9. The van der Waals surface area contributed by atoms with Gasteiger partial charge in [0.15, 0.2) is 0 Å². The van der Waals surface area contributed by atoms with Gasteiger partial charge in [-0.1, -0.05) is 51.1 Å². The maximum absolute atomic E-state index is 12.7. The smallest absolute Gasteiger partial charge is 0.334 e. The Hall–Kier alpha value is -1.81. The average molecular weight is 397 g/mol. The molecule has 3 nitrogen and oxygen atoms in total. The Kier molecular flexibility index (Phi) is 4.61. The largest absolute Gasteiger partial charge is 0.547 e. The van der Waals surface area contributed by atoms with Crippen LogP contribution < -0.4 is 0 Å². The number of carbonyl (C=O) groups excluding carboxylic acids is 1. The number of allylic oxidation sites excluding steroid dienone is 3. The van der Waals surface area contributed by atoms with Crippen molar-refractivity contribution in [1.29, 1.82) is 0 Å². The second-order valence-electron chi connectivity index (χ2n) is 9.90. The van der Waals surface area contributed by atoms with Gasteiger partial charge >= 0.3 is 5.97 Å². The van der Waals surface area contributed by atoms with Crippen molar-refractivity contribution in [2.24, 2.45) is 23.7 Å². The minimum atomic E-state index is -1.86. The molecular formula is C24H32O3Si. The number of ether oxygens (including phenoxy) is 1. The van der Waals surface area contributed by atoms with Gasteiger partial charge in [0.25, 0.3) is 0 Å². The molecule has 1 aromatic carbocycles. The number of hydrogen-bond donors (Lipinski definition) is 0. The van der Waals surface area contributed by atoms with Crippen LogP contribution in [0, 0.1) is 23.7 Å². The summed E-state index contributed by atoms with van der Waals surface area (Å²) < 4.78 is 12.2. The number of hydrogen-bond acceptors (Lipinski definition) is 3. The van der Waals surface area contributed by atoms with Crippen molar-refractivity contribution in [3.8, 4) is 0 Å². The van der Waals surface area contributed by atoms with E-state index < -0.39 is 8.32 Å². The molecular weight excluding hydrogens is 364 g/mol. The van der Waals surface area contributed by atoms with Crippen LogP contribution in [-0.2, 0) is 14.0 Å². The normalized spacial score (nSPS) is 28.6. The molecule has 4 atom stereocenters. The molecule has 0 spiro atoms. The van der Waals surface area contributed by atoms with Gasteiger partial charge in [0.05, 0.1) is 12.4 Å². The maximum atomic E-state index is 12.7. The van der Waals surface area contributed by atoms with Crippen molar-refractivity contribution in [2.45, 2.75) is 52.2 Å². The van der Waals surface area contributed by atoms with Crippen molar-refractivity contribution in [1.82, 2.24) is 0 Å². The molecule has 0 unspecified atom stereocenters. The molecule has 28 heavy (non-hydrogen) atoms. The quantitative estimate of drug-likeness (QED) is 0.466. The summed E-state index contributed by atoms with van der Waals surface area (Å²) >= 11 is 0. The summed E-state index contributed by atoms with van der Waals surface area (Å²) in [5.41, 5.74) is 3.26. The predicted octanol–water partition coefficient (Wildman–Crippen LogP) is 5.80. The van der Waals surface area contributed by atoms with Crippen LogP contribution in [0.25, 0.3) is 5.57 Å². The fourth-order valence-corrected chi connectivity index (χ4v) is 6.03. The summed E-state index contributed by atoms with van der Waals surface area (Å²) in [5.74, 6) is 2.55. The molecule has 0 amide bonds. The third-order valence-electron chi connectivity index (χ3n) is 7.27. The van der Waals surface area contributed by atoms with E-state index in [0.29, 0.717) is 30.3 Å². The van der Waals surface area contributed by atoms with Crippen LogP contribution in [0.4, 0.5) is 0 Å². The van der Waals surface area contributed by atoms with Crippen molar-refractivity contribution >= 4 is 19.9 Å². The van der Waals surface area contributed by atoms with E-state index in [1.54, 1.807) is 0 Å². The summed E-state index contributed by atoms with van der Waals surface area (Å²) in [6.07, 6.45) is 3.42. The lowest BCUT2D eigenvalue weighted by molar-refractivity contribution is -0.139. The molecule has 1 saturated carbocycles. The van der Waals surface area contributed by atoms with E-state index >= 15 is 0 Å². The highest BCUT2D eigenvalue weighted by Gasteiger charge is 2.60. The number of esters is 1. The highest BCUT2D eigenvalue weighted by atomic mass is 28.4. The maximum Gasteiger partial charge on any atom is 0.334 e. The van der Waals surface area contributed by atoms with Crippen LogP contribution in [0.1, 0.15) is 39.7 Å². The van der Waals surface area contributed by atoms with Gasteiger partial charge in [-0.25, -0.2) is 4.79 Å². The molecule has 4 rings (SSSR count). The SMILES string of the molecule is CCOC(=O)C1=C(c2ccccc2)[C@H]2[C@@H]1[C@@H]1C=C(O[Si](C)(C)C(C)(C)C)[C@H]2C1. The van der Waals surface area contributed by atoms with Gasteiger partial charge in [-0.2, -0.15) is 0 Å². The van der Waals surface area contributed by atoms with Crippen molar-refractivity contribution in [3.63, 3.8) is 0 Å². The molecule has 0 radical (unpaired) electrons. The monoisotopic (exact) mass is 396 g/mol. The zero-order valence-electron chi connectivity index (χ0n) is 17.9. The lowest BCUT2D eigenvalue weighted by atomic mass is 9.61. The minimum absolute atomic E-state index is 0.129. The van der Waals surface area contributed by atoms with E-state index in [9.17, 15) is 4.79 Å². The van der Waals surface area contributed by atoms with Crippen molar-refractivity contribution in [3.05, 3.63) is 53.3 Å². The molecule has 1 fully saturated rings. The first-order chi connectivity index (χ1) is 13.2. The Morgan fingerprint density at radius 3 is 2.43 bits per heavy atom. The van der Waals surface area contributed by atoms with Crippen molar-refractivity contribution in [2.75, 3.05) is 6.61 Å². The van der Waals surface area contributed by atoms with E-state index in [1.165, 1.54) is 11.3 Å². The highest BCUT2D eigenvalue weighted by molar-refractivity contribution is 6.74. The van der Waals surface area contributed by atoms with Crippen LogP contribution in [0.2, 0.25) is 18.1 Å². The standard InChI is InChI=1S/C24H32O3Si/c1-7-26-23(25)22-19(15-11-9-8-10-12-15)21-17-13-16(20(21)22)14-18(17)27-28(5,6)24(2,3)4/h8-12,14,16-17,20-21H,7,13H2,1-6H3/t16-,17+,20-,21-/m0/s1. The van der Waals surface area contributed by atoms with E-state index in [0.717, 1.165) is 17.6 Å². The topological polar surface area (TPSA) is 35.5 Å². The molecule has 0 N–H and O–H groups in total. The summed E-state index contributed by atoms with van der Waals surface area (Å²) in [5, 5.41) is 0.183. The van der Waals surface area contributed by atoms with Gasteiger partial charge in [-0.15, -0.1) is 0 Å². The first-order valence-corrected chi connectivity index (χ1v) is 13.4. The minimum Gasteiger partial charge on any atom is -0.547 e. The molecule has 2 bridgehead atoms. The summed E-state index contributed by atoms with van der Waals surface area (Å²) in [6, 6.07) is 10.4. The summed E-state index contributed by atoms with van der Waals surface area (Å²) in [6.45, 7) is 13.8. The molecule has 4 heteroatoms. The average Bonchev–Trinajstić information content (AvgIpc) is 3.09. The summed E-state index contributed by atoms with van der Waals surface area (Å²) in [4.78, 5) is 12.7. The first-order valence-electron chi connectivity index (χ1n) is 10.5. The van der Waals surface area contributed by atoms with Gasteiger partial charge in [0, 0.05) is 23.3 Å². The Morgan fingerprint density at radius 2 is 1.82 bits per heavy atom. The molecule has 1 aromatic rings. The Morgan fingerprint density at radius 1 is 1.14 bits per heavy atom. The Labute approximate surface area is 169 Å². The van der Waals surface area contributed by atoms with Crippen LogP contribution in [0.15, 0.2) is 47.7 Å². The van der Waals surface area contributed by atoms with Crippen LogP contribution in [0.3, 0.4) is 0 Å². The number of rotatable bonds is 5. The second-order valence-corrected chi connectivity index (χ2v) is 14.6. The molecule has 0 aliphatic heterocycles. The third kappa shape index (κ3) is 2.88. The lowest BCUT2D eigenvalue weighted by Crippen LogP contribution is -2.44. The fraction of sp³-hybridized carbons (Fsp3) is 0.542. The second kappa shape index (κ2) is 6.62. The number of carbonyl (C=O) groups is 1. The molecule has 0 heterocycles. The van der Waals surface area contributed by atoms with Gasteiger partial charge in [-0.05, 0) is 54.6 Å². The predicted molar refractivity (Wildman–Crippen MR) is 115 cm³/mol.